The van der Waals surface area contributed by atoms with Gasteiger partial charge in [-0.3, -0.25) is 0 Å². The van der Waals surface area contributed by atoms with Gasteiger partial charge in [-0.1, -0.05) is 48.3 Å². The van der Waals surface area contributed by atoms with Crippen LogP contribution in [0.3, 0.4) is 0 Å². The van der Waals surface area contributed by atoms with Crippen molar-refractivity contribution >= 4 is 15.9 Å². The van der Waals surface area contributed by atoms with E-state index in [2.05, 4.69) is 66.3 Å². The van der Waals surface area contributed by atoms with Crippen LogP contribution in [0.5, 0.6) is 0 Å². The van der Waals surface area contributed by atoms with Crippen LogP contribution in [0, 0.1) is 0 Å². The fourth-order valence-electron chi connectivity index (χ4n) is 1.98. The van der Waals surface area contributed by atoms with E-state index in [4.69, 9.17) is 0 Å². The van der Waals surface area contributed by atoms with E-state index in [1.54, 1.807) is 0 Å². The summed E-state index contributed by atoms with van der Waals surface area (Å²) in [6, 6.07) is 9.60. The van der Waals surface area contributed by atoms with Gasteiger partial charge in [0.05, 0.1) is 0 Å². The molecule has 0 saturated heterocycles. The number of hydrogen-bond acceptors (Lipinski definition) is 1. The summed E-state index contributed by atoms with van der Waals surface area (Å²) < 4.78 is 1.15. The van der Waals surface area contributed by atoms with E-state index in [0.717, 1.165) is 4.47 Å². The molecule has 0 aliphatic rings. The van der Waals surface area contributed by atoms with Crippen LogP contribution in [0.15, 0.2) is 28.7 Å². The Bertz CT molecular complexity index is 311. The highest BCUT2D eigenvalue weighted by molar-refractivity contribution is 9.10. The van der Waals surface area contributed by atoms with E-state index in [-0.39, 0.29) is 0 Å². The molecule has 1 unspecified atom stereocenters. The topological polar surface area (TPSA) is 12.0 Å². The molecule has 0 aliphatic carbocycles. The molecular formula is C14H22BrN. The monoisotopic (exact) mass is 283 g/mol. The smallest absolute Gasteiger partial charge is 0.0294 e. The molecule has 1 N–H and O–H groups in total. The molecular weight excluding hydrogens is 262 g/mol. The molecule has 1 rings (SSSR count). The Morgan fingerprint density at radius 3 is 2.62 bits per heavy atom. The zero-order chi connectivity index (χ0) is 12.0. The third kappa shape index (κ3) is 4.26. The lowest BCUT2D eigenvalue weighted by Crippen LogP contribution is -2.30. The molecule has 1 nitrogen and oxygen atoms in total. The molecule has 2 atom stereocenters. The van der Waals surface area contributed by atoms with Crippen molar-refractivity contribution in [1.29, 1.82) is 0 Å². The average molecular weight is 284 g/mol. The van der Waals surface area contributed by atoms with E-state index in [0.29, 0.717) is 12.1 Å². The molecule has 0 aromatic heterocycles. The van der Waals surface area contributed by atoms with Crippen molar-refractivity contribution in [3.63, 3.8) is 0 Å². The fourth-order valence-corrected chi connectivity index (χ4v) is 2.40. The predicted molar refractivity (Wildman–Crippen MR) is 74.7 cm³/mol. The van der Waals surface area contributed by atoms with E-state index in [9.17, 15) is 0 Å². The van der Waals surface area contributed by atoms with Crippen LogP contribution in [0.4, 0.5) is 0 Å². The summed E-state index contributed by atoms with van der Waals surface area (Å²) in [6.07, 6.45) is 3.71. The van der Waals surface area contributed by atoms with Crippen molar-refractivity contribution in [1.82, 2.24) is 5.32 Å². The molecule has 90 valence electrons. The first-order valence-corrected chi connectivity index (χ1v) is 6.98. The molecule has 0 amide bonds. The minimum absolute atomic E-state index is 0.425. The molecule has 1 aromatic carbocycles. The standard InChI is InChI=1S/C14H22BrN/c1-4-7-14(5-2)16-11(3)12-8-6-9-13(15)10-12/h6,8-11,14,16H,4-5,7H2,1-3H3/t11-,14?/m0/s1. The lowest BCUT2D eigenvalue weighted by atomic mass is 10.0. The van der Waals surface area contributed by atoms with Crippen LogP contribution in [0.1, 0.15) is 51.6 Å². The summed E-state index contributed by atoms with van der Waals surface area (Å²) in [4.78, 5) is 0. The molecule has 0 radical (unpaired) electrons. The van der Waals surface area contributed by atoms with Gasteiger partial charge in [-0.2, -0.15) is 0 Å². The number of nitrogens with one attached hydrogen (secondary N) is 1. The van der Waals surface area contributed by atoms with Crippen molar-refractivity contribution in [3.05, 3.63) is 34.3 Å². The molecule has 2 heteroatoms. The van der Waals surface area contributed by atoms with E-state index < -0.39 is 0 Å². The minimum atomic E-state index is 0.425. The molecule has 0 saturated carbocycles. The van der Waals surface area contributed by atoms with Gasteiger partial charge in [0.15, 0.2) is 0 Å². The van der Waals surface area contributed by atoms with E-state index in [1.165, 1.54) is 24.8 Å². The highest BCUT2D eigenvalue weighted by Gasteiger charge is 2.10. The first-order valence-electron chi connectivity index (χ1n) is 6.18. The number of rotatable bonds is 6. The van der Waals surface area contributed by atoms with Gasteiger partial charge in [0.1, 0.15) is 0 Å². The molecule has 0 heterocycles. The molecule has 0 spiro atoms. The SMILES string of the molecule is CCCC(CC)N[C@@H](C)c1cccc(Br)c1. The Kier molecular flexibility index (Phi) is 6.07. The van der Waals surface area contributed by atoms with Crippen molar-refractivity contribution < 1.29 is 0 Å². The van der Waals surface area contributed by atoms with Gasteiger partial charge in [-0.05, 0) is 37.5 Å². The highest BCUT2D eigenvalue weighted by Crippen LogP contribution is 2.19. The second-order valence-corrected chi connectivity index (χ2v) is 5.25. The summed E-state index contributed by atoms with van der Waals surface area (Å²) in [5.41, 5.74) is 1.35. The van der Waals surface area contributed by atoms with Crippen LogP contribution in [-0.2, 0) is 0 Å². The van der Waals surface area contributed by atoms with Gasteiger partial charge in [0, 0.05) is 16.6 Å². The second-order valence-electron chi connectivity index (χ2n) is 4.34. The van der Waals surface area contributed by atoms with Gasteiger partial charge >= 0.3 is 0 Å². The Labute approximate surface area is 108 Å². The Balaban J connectivity index is 2.60. The van der Waals surface area contributed by atoms with Crippen molar-refractivity contribution in [2.45, 2.75) is 52.1 Å². The maximum absolute atomic E-state index is 3.69. The predicted octanol–water partition coefficient (Wildman–Crippen LogP) is 4.68. The number of benzene rings is 1. The molecule has 0 bridgehead atoms. The van der Waals surface area contributed by atoms with Gasteiger partial charge < -0.3 is 5.32 Å². The quantitative estimate of drug-likeness (QED) is 0.800. The second kappa shape index (κ2) is 7.08. The third-order valence-corrected chi connectivity index (χ3v) is 3.46. The van der Waals surface area contributed by atoms with Gasteiger partial charge in [0.25, 0.3) is 0 Å². The molecule has 1 aromatic rings. The van der Waals surface area contributed by atoms with Gasteiger partial charge in [0.2, 0.25) is 0 Å². The fraction of sp³-hybridized carbons (Fsp3) is 0.571. The lowest BCUT2D eigenvalue weighted by molar-refractivity contribution is 0.417. The lowest BCUT2D eigenvalue weighted by Gasteiger charge is -2.22. The first-order chi connectivity index (χ1) is 7.67. The van der Waals surface area contributed by atoms with Crippen LogP contribution in [0.2, 0.25) is 0 Å². The van der Waals surface area contributed by atoms with Crippen molar-refractivity contribution in [2.75, 3.05) is 0 Å². The van der Waals surface area contributed by atoms with Gasteiger partial charge in [-0.15, -0.1) is 0 Å². The maximum atomic E-state index is 3.69. The third-order valence-electron chi connectivity index (χ3n) is 2.96. The minimum Gasteiger partial charge on any atom is -0.307 e. The van der Waals surface area contributed by atoms with Crippen LogP contribution < -0.4 is 5.32 Å². The Morgan fingerprint density at radius 2 is 2.06 bits per heavy atom. The Morgan fingerprint density at radius 1 is 1.31 bits per heavy atom. The summed E-state index contributed by atoms with van der Waals surface area (Å²) in [5.74, 6) is 0. The molecule has 16 heavy (non-hydrogen) atoms. The molecule has 0 aliphatic heterocycles. The van der Waals surface area contributed by atoms with Crippen LogP contribution >= 0.6 is 15.9 Å². The average Bonchev–Trinajstić information content (AvgIpc) is 2.28. The Hall–Kier alpha value is -0.340. The first kappa shape index (κ1) is 13.7. The number of hydrogen-bond donors (Lipinski definition) is 1. The highest BCUT2D eigenvalue weighted by atomic mass is 79.9. The summed E-state index contributed by atoms with van der Waals surface area (Å²) in [5, 5.41) is 3.69. The van der Waals surface area contributed by atoms with E-state index >= 15 is 0 Å². The normalized spacial score (nSPS) is 14.8. The summed E-state index contributed by atoms with van der Waals surface area (Å²) in [7, 11) is 0. The van der Waals surface area contributed by atoms with Gasteiger partial charge in [-0.25, -0.2) is 0 Å². The summed E-state index contributed by atoms with van der Waals surface area (Å²) >= 11 is 3.52. The molecule has 0 fully saturated rings. The largest absolute Gasteiger partial charge is 0.307 e. The zero-order valence-electron chi connectivity index (χ0n) is 10.5. The zero-order valence-corrected chi connectivity index (χ0v) is 12.0. The van der Waals surface area contributed by atoms with Crippen molar-refractivity contribution in [3.8, 4) is 0 Å². The number of halogens is 1. The van der Waals surface area contributed by atoms with Crippen molar-refractivity contribution in [2.24, 2.45) is 0 Å². The summed E-state index contributed by atoms with van der Waals surface area (Å²) in [6.45, 7) is 6.73. The van der Waals surface area contributed by atoms with Crippen LogP contribution in [0.25, 0.3) is 0 Å². The van der Waals surface area contributed by atoms with Crippen LogP contribution in [-0.4, -0.2) is 6.04 Å². The van der Waals surface area contributed by atoms with E-state index in [1.807, 2.05) is 0 Å². The maximum Gasteiger partial charge on any atom is 0.0294 e.